The lowest BCUT2D eigenvalue weighted by Crippen LogP contribution is -2.20. The molecule has 1 unspecified atom stereocenters. The number of hydrogen-bond donors (Lipinski definition) is 2. The fraction of sp³-hybridized carbons (Fsp3) is 0.273. The van der Waals surface area contributed by atoms with Gasteiger partial charge in [-0.1, -0.05) is 66.7 Å². The van der Waals surface area contributed by atoms with E-state index in [9.17, 15) is 9.59 Å². The van der Waals surface area contributed by atoms with Gasteiger partial charge in [0.05, 0.1) is 12.0 Å². The second-order valence-corrected chi connectivity index (χ2v) is 9.92. The van der Waals surface area contributed by atoms with Crippen molar-refractivity contribution in [2.75, 3.05) is 5.32 Å². The van der Waals surface area contributed by atoms with Gasteiger partial charge >= 0.3 is 5.97 Å². The smallest absolute Gasteiger partial charge is 0.303 e. The van der Waals surface area contributed by atoms with E-state index in [1.807, 2.05) is 106 Å². The molecule has 0 aliphatic rings. The Morgan fingerprint density at radius 1 is 0.872 bits per heavy atom. The summed E-state index contributed by atoms with van der Waals surface area (Å²) in [5.74, 6) is -0.0258. The van der Waals surface area contributed by atoms with Gasteiger partial charge in [0.15, 0.2) is 11.5 Å². The van der Waals surface area contributed by atoms with E-state index in [0.29, 0.717) is 30.0 Å². The molecule has 6 heteroatoms. The van der Waals surface area contributed by atoms with Crippen molar-refractivity contribution in [1.82, 2.24) is 0 Å². The second-order valence-electron chi connectivity index (χ2n) is 9.92. The molecule has 0 heterocycles. The Balaban J connectivity index is 1.56. The Bertz CT molecular complexity index is 1440. The number of nitrogens with one attached hydrogen (secondary N) is 1. The number of carbonyl (C=O) groups is 2. The van der Waals surface area contributed by atoms with Crippen LogP contribution in [0.2, 0.25) is 0 Å². The highest BCUT2D eigenvalue weighted by Gasteiger charge is 2.19. The van der Waals surface area contributed by atoms with E-state index in [2.05, 4.69) is 5.32 Å². The van der Waals surface area contributed by atoms with Gasteiger partial charge in [0.2, 0.25) is 5.91 Å². The Labute approximate surface area is 229 Å². The van der Waals surface area contributed by atoms with Gasteiger partial charge in [0.1, 0.15) is 6.61 Å². The molecule has 0 aliphatic carbocycles. The van der Waals surface area contributed by atoms with Crippen molar-refractivity contribution in [2.45, 2.75) is 58.7 Å². The van der Waals surface area contributed by atoms with Gasteiger partial charge in [-0.25, -0.2) is 0 Å². The number of hydrogen-bond acceptors (Lipinski definition) is 4. The largest absolute Gasteiger partial charge is 0.487 e. The maximum atomic E-state index is 13.5. The van der Waals surface area contributed by atoms with Crippen LogP contribution in [0.25, 0.3) is 10.8 Å². The fourth-order valence-corrected chi connectivity index (χ4v) is 4.57. The lowest BCUT2D eigenvalue weighted by atomic mass is 9.94. The monoisotopic (exact) mass is 525 g/mol. The van der Waals surface area contributed by atoms with Crippen LogP contribution in [0.4, 0.5) is 5.69 Å². The molecule has 1 atom stereocenters. The molecule has 4 aromatic carbocycles. The van der Waals surface area contributed by atoms with Gasteiger partial charge in [-0.05, 0) is 79.3 Å². The quantitative estimate of drug-likeness (QED) is 0.202. The average molecular weight is 526 g/mol. The third kappa shape index (κ3) is 7.38. The molecule has 0 bridgehead atoms. The maximum absolute atomic E-state index is 13.5. The minimum atomic E-state index is -0.836. The van der Waals surface area contributed by atoms with Gasteiger partial charge in [0.25, 0.3) is 0 Å². The van der Waals surface area contributed by atoms with Crippen molar-refractivity contribution in [3.05, 3.63) is 102 Å². The van der Waals surface area contributed by atoms with E-state index < -0.39 is 5.97 Å². The predicted octanol–water partition coefficient (Wildman–Crippen LogP) is 7.36. The zero-order chi connectivity index (χ0) is 27.8. The molecule has 202 valence electrons. The molecule has 0 aliphatic heterocycles. The summed E-state index contributed by atoms with van der Waals surface area (Å²) in [6.07, 6.45) is 1.10. The molecule has 2 N–H and O–H groups in total. The minimum absolute atomic E-state index is 0.0189. The highest BCUT2D eigenvalue weighted by Crippen LogP contribution is 2.30. The normalized spacial score (nSPS) is 11.8. The molecule has 4 rings (SSSR count). The standard InChI is InChI=1S/C33H35NO5/c1-22(2)39-31-16-7-6-15-30(31)38-21-24-18-19-26(12-9-17-32(35)36)29(20-24)34-33(37)23(3)27-14-8-11-25-10-4-5-13-28(25)27/h4-8,10-11,13-16,18-20,22-23H,9,12,17,21H2,1-3H3,(H,34,37)(H,35,36). The number of aryl methyl sites for hydroxylation is 1. The fourth-order valence-electron chi connectivity index (χ4n) is 4.57. The number of fused-ring (bicyclic) bond motifs is 1. The van der Waals surface area contributed by atoms with Gasteiger partial charge in [0, 0.05) is 12.1 Å². The first-order valence-corrected chi connectivity index (χ1v) is 13.3. The van der Waals surface area contributed by atoms with E-state index in [0.717, 1.165) is 27.5 Å². The summed E-state index contributed by atoms with van der Waals surface area (Å²) in [7, 11) is 0. The maximum Gasteiger partial charge on any atom is 0.303 e. The highest BCUT2D eigenvalue weighted by molar-refractivity contribution is 5.99. The first kappa shape index (κ1) is 27.7. The molecule has 1 amide bonds. The molecule has 6 nitrogen and oxygen atoms in total. The van der Waals surface area contributed by atoms with Crippen molar-refractivity contribution in [3.8, 4) is 11.5 Å². The van der Waals surface area contributed by atoms with Crippen LogP contribution in [0.15, 0.2) is 84.9 Å². The molecule has 4 aromatic rings. The van der Waals surface area contributed by atoms with Crippen LogP contribution in [0.1, 0.15) is 56.2 Å². The Hall–Kier alpha value is -4.32. The SMILES string of the molecule is CC(C)Oc1ccccc1OCc1ccc(CCCC(=O)O)c(NC(=O)C(C)c2cccc3ccccc23)c1. The lowest BCUT2D eigenvalue weighted by Gasteiger charge is -2.18. The summed E-state index contributed by atoms with van der Waals surface area (Å²) in [5.41, 5.74) is 3.40. The number of aliphatic carboxylic acids is 1. The third-order valence-corrected chi connectivity index (χ3v) is 6.56. The molecule has 0 aromatic heterocycles. The van der Waals surface area contributed by atoms with Crippen LogP contribution < -0.4 is 14.8 Å². The van der Waals surface area contributed by atoms with Crippen molar-refractivity contribution >= 4 is 28.3 Å². The number of carboxylic acid groups (broad SMARTS) is 1. The minimum Gasteiger partial charge on any atom is -0.487 e. The van der Waals surface area contributed by atoms with Crippen molar-refractivity contribution in [3.63, 3.8) is 0 Å². The predicted molar refractivity (Wildman–Crippen MR) is 155 cm³/mol. The molecule has 0 radical (unpaired) electrons. The summed E-state index contributed by atoms with van der Waals surface area (Å²) in [6, 6.07) is 27.4. The van der Waals surface area contributed by atoms with Crippen LogP contribution >= 0.6 is 0 Å². The summed E-state index contributed by atoms with van der Waals surface area (Å²) in [5, 5.41) is 14.4. The molecule has 0 fully saturated rings. The van der Waals surface area contributed by atoms with Gasteiger partial charge in [-0.15, -0.1) is 0 Å². The number of benzene rings is 4. The molecular formula is C33H35NO5. The second kappa shape index (κ2) is 13.0. The summed E-state index contributed by atoms with van der Waals surface area (Å²) >= 11 is 0. The van der Waals surface area contributed by atoms with Crippen LogP contribution in [-0.4, -0.2) is 23.1 Å². The Morgan fingerprint density at radius 2 is 1.59 bits per heavy atom. The van der Waals surface area contributed by atoms with Crippen LogP contribution in [0, 0.1) is 0 Å². The summed E-state index contributed by atoms with van der Waals surface area (Å²) in [6.45, 7) is 6.12. The Morgan fingerprint density at radius 3 is 2.36 bits per heavy atom. The van der Waals surface area contributed by atoms with Gasteiger partial charge in [-0.2, -0.15) is 0 Å². The van der Waals surface area contributed by atoms with Crippen LogP contribution in [-0.2, 0) is 22.6 Å². The van der Waals surface area contributed by atoms with E-state index in [-0.39, 0.29) is 31.0 Å². The first-order chi connectivity index (χ1) is 18.8. The van der Waals surface area contributed by atoms with Crippen LogP contribution in [0.3, 0.4) is 0 Å². The van der Waals surface area contributed by atoms with E-state index in [1.165, 1.54) is 0 Å². The van der Waals surface area contributed by atoms with Crippen molar-refractivity contribution in [2.24, 2.45) is 0 Å². The van der Waals surface area contributed by atoms with Crippen molar-refractivity contribution < 1.29 is 24.2 Å². The van der Waals surface area contributed by atoms with E-state index in [4.69, 9.17) is 14.6 Å². The number of amides is 1. The Kier molecular flexibility index (Phi) is 9.21. The van der Waals surface area contributed by atoms with Crippen LogP contribution in [0.5, 0.6) is 11.5 Å². The number of rotatable bonds is 12. The molecular weight excluding hydrogens is 490 g/mol. The molecule has 0 spiro atoms. The number of carbonyl (C=O) groups excluding carboxylic acids is 1. The lowest BCUT2D eigenvalue weighted by molar-refractivity contribution is -0.137. The first-order valence-electron chi connectivity index (χ1n) is 13.3. The molecule has 0 saturated carbocycles. The van der Waals surface area contributed by atoms with Gasteiger partial charge < -0.3 is 19.9 Å². The van der Waals surface area contributed by atoms with E-state index >= 15 is 0 Å². The van der Waals surface area contributed by atoms with Gasteiger partial charge in [-0.3, -0.25) is 9.59 Å². The molecule has 39 heavy (non-hydrogen) atoms. The number of para-hydroxylation sites is 2. The number of carboxylic acids is 1. The number of ether oxygens (including phenoxy) is 2. The zero-order valence-electron chi connectivity index (χ0n) is 22.6. The highest BCUT2D eigenvalue weighted by atomic mass is 16.5. The van der Waals surface area contributed by atoms with E-state index in [1.54, 1.807) is 0 Å². The van der Waals surface area contributed by atoms with Crippen molar-refractivity contribution in [1.29, 1.82) is 0 Å². The topological polar surface area (TPSA) is 84.9 Å². The number of anilines is 1. The average Bonchev–Trinajstić information content (AvgIpc) is 2.92. The zero-order valence-corrected chi connectivity index (χ0v) is 22.6. The summed E-state index contributed by atoms with van der Waals surface area (Å²) < 4.78 is 11.9. The summed E-state index contributed by atoms with van der Waals surface area (Å²) in [4.78, 5) is 24.6. The molecule has 0 saturated heterocycles. The third-order valence-electron chi connectivity index (χ3n) is 6.56.